The van der Waals surface area contributed by atoms with Crippen molar-refractivity contribution in [3.05, 3.63) is 60.1 Å². The van der Waals surface area contributed by atoms with E-state index in [-0.39, 0.29) is 5.91 Å². The molecule has 8 nitrogen and oxygen atoms in total. The highest BCUT2D eigenvalue weighted by molar-refractivity contribution is 5.95. The summed E-state index contributed by atoms with van der Waals surface area (Å²) in [5.74, 6) is 2.11. The van der Waals surface area contributed by atoms with Crippen LogP contribution in [0.1, 0.15) is 16.1 Å². The van der Waals surface area contributed by atoms with Gasteiger partial charge in [0.15, 0.2) is 5.82 Å². The summed E-state index contributed by atoms with van der Waals surface area (Å²) in [4.78, 5) is 21.2. The van der Waals surface area contributed by atoms with E-state index >= 15 is 0 Å². The number of rotatable bonds is 5. The van der Waals surface area contributed by atoms with Crippen molar-refractivity contribution < 1.29 is 14.1 Å². The second kappa shape index (κ2) is 8.22. The van der Waals surface area contributed by atoms with Gasteiger partial charge in [0.1, 0.15) is 11.5 Å². The van der Waals surface area contributed by atoms with Crippen LogP contribution in [0.5, 0.6) is 5.75 Å². The van der Waals surface area contributed by atoms with Crippen LogP contribution in [-0.2, 0) is 0 Å². The number of para-hydroxylation sites is 2. The molecule has 150 valence electrons. The van der Waals surface area contributed by atoms with Gasteiger partial charge in [0, 0.05) is 38.4 Å². The van der Waals surface area contributed by atoms with Crippen LogP contribution in [0.3, 0.4) is 0 Å². The standard InChI is InChI=1S/C21H23N5O3/c1-15-11-20(24-29-15)23-17-12-16(13-22-14-17)21(27)26-9-7-25(8-10-26)18-5-3-4-6-19(18)28-2/h3-6,11-14H,7-10H2,1-2H3,(H,23,24). The molecule has 1 aromatic carbocycles. The number of hydrogen-bond acceptors (Lipinski definition) is 7. The van der Waals surface area contributed by atoms with Crippen LogP contribution in [0, 0.1) is 6.92 Å². The third-order valence-electron chi connectivity index (χ3n) is 4.88. The zero-order valence-corrected chi connectivity index (χ0v) is 16.5. The molecule has 2 aromatic heterocycles. The lowest BCUT2D eigenvalue weighted by atomic mass is 10.2. The number of carbonyl (C=O) groups excluding carboxylic acids is 1. The van der Waals surface area contributed by atoms with E-state index in [2.05, 4.69) is 20.4 Å². The number of anilines is 3. The molecule has 1 fully saturated rings. The highest BCUT2D eigenvalue weighted by Crippen LogP contribution is 2.28. The monoisotopic (exact) mass is 393 g/mol. The fraction of sp³-hybridized carbons (Fsp3) is 0.286. The average molecular weight is 393 g/mol. The van der Waals surface area contributed by atoms with Crippen molar-refractivity contribution in [3.8, 4) is 5.75 Å². The molecule has 0 saturated carbocycles. The van der Waals surface area contributed by atoms with Crippen molar-refractivity contribution in [2.24, 2.45) is 0 Å². The van der Waals surface area contributed by atoms with Gasteiger partial charge in [-0.3, -0.25) is 9.78 Å². The molecule has 0 radical (unpaired) electrons. The molecule has 0 unspecified atom stereocenters. The summed E-state index contributed by atoms with van der Waals surface area (Å²) < 4.78 is 10.5. The fourth-order valence-electron chi connectivity index (χ4n) is 3.42. The number of methoxy groups -OCH3 is 1. The first-order chi connectivity index (χ1) is 14.1. The van der Waals surface area contributed by atoms with Gasteiger partial charge >= 0.3 is 0 Å². The van der Waals surface area contributed by atoms with Gasteiger partial charge < -0.3 is 24.4 Å². The van der Waals surface area contributed by atoms with Gasteiger partial charge in [0.2, 0.25) is 0 Å². The predicted molar refractivity (Wildman–Crippen MR) is 110 cm³/mol. The van der Waals surface area contributed by atoms with Crippen LogP contribution < -0.4 is 15.0 Å². The van der Waals surface area contributed by atoms with Crippen LogP contribution in [-0.4, -0.2) is 54.2 Å². The van der Waals surface area contributed by atoms with Crippen LogP contribution in [0.15, 0.2) is 53.3 Å². The van der Waals surface area contributed by atoms with Gasteiger partial charge in [-0.05, 0) is 25.1 Å². The maximum absolute atomic E-state index is 13.0. The Hall–Kier alpha value is -3.55. The fourth-order valence-corrected chi connectivity index (χ4v) is 3.42. The molecule has 3 heterocycles. The Labute approximate surface area is 169 Å². The highest BCUT2D eigenvalue weighted by atomic mass is 16.5. The third-order valence-corrected chi connectivity index (χ3v) is 4.88. The molecule has 1 amide bonds. The molecule has 0 atom stereocenters. The number of amides is 1. The number of pyridine rings is 1. The lowest BCUT2D eigenvalue weighted by Gasteiger charge is -2.36. The van der Waals surface area contributed by atoms with Gasteiger partial charge in [-0.1, -0.05) is 17.3 Å². The Morgan fingerprint density at radius 2 is 1.93 bits per heavy atom. The Bertz CT molecular complexity index is 995. The van der Waals surface area contributed by atoms with Gasteiger partial charge in [-0.2, -0.15) is 0 Å². The van der Waals surface area contributed by atoms with E-state index in [9.17, 15) is 4.79 Å². The SMILES string of the molecule is COc1ccccc1N1CCN(C(=O)c2cncc(Nc3cc(C)on3)c2)CC1. The number of hydrogen-bond donors (Lipinski definition) is 1. The Morgan fingerprint density at radius 3 is 2.66 bits per heavy atom. The molecule has 0 bridgehead atoms. The number of ether oxygens (including phenoxy) is 1. The molecular weight excluding hydrogens is 370 g/mol. The van der Waals surface area contributed by atoms with Gasteiger partial charge in [-0.25, -0.2) is 0 Å². The minimum atomic E-state index is -0.0304. The van der Waals surface area contributed by atoms with E-state index in [0.29, 0.717) is 35.9 Å². The van der Waals surface area contributed by atoms with Gasteiger partial charge in [0.05, 0.1) is 30.2 Å². The second-order valence-corrected chi connectivity index (χ2v) is 6.86. The van der Waals surface area contributed by atoms with E-state index < -0.39 is 0 Å². The van der Waals surface area contributed by atoms with Crippen LogP contribution in [0.4, 0.5) is 17.2 Å². The second-order valence-electron chi connectivity index (χ2n) is 6.86. The predicted octanol–water partition coefficient (Wildman–Crippen LogP) is 3.09. The Kier molecular flexibility index (Phi) is 5.33. The van der Waals surface area contributed by atoms with Crippen LogP contribution >= 0.6 is 0 Å². The molecule has 3 aromatic rings. The molecule has 1 aliphatic rings. The first-order valence-electron chi connectivity index (χ1n) is 9.46. The van der Waals surface area contributed by atoms with Gasteiger partial charge in [0.25, 0.3) is 5.91 Å². The number of aryl methyl sites for hydroxylation is 1. The smallest absolute Gasteiger partial charge is 0.255 e. The number of piperazine rings is 1. The molecule has 0 aliphatic carbocycles. The highest BCUT2D eigenvalue weighted by Gasteiger charge is 2.24. The number of aromatic nitrogens is 2. The first-order valence-corrected chi connectivity index (χ1v) is 9.46. The minimum Gasteiger partial charge on any atom is -0.495 e. The molecule has 4 rings (SSSR count). The third kappa shape index (κ3) is 4.16. The van der Waals surface area contributed by atoms with Crippen molar-refractivity contribution in [2.45, 2.75) is 6.92 Å². The molecule has 8 heteroatoms. The normalized spacial score (nSPS) is 14.0. The molecule has 0 spiro atoms. The maximum Gasteiger partial charge on any atom is 0.255 e. The number of benzene rings is 1. The lowest BCUT2D eigenvalue weighted by Crippen LogP contribution is -2.48. The summed E-state index contributed by atoms with van der Waals surface area (Å²) in [6, 6.07) is 11.5. The zero-order chi connectivity index (χ0) is 20.2. The average Bonchev–Trinajstić information content (AvgIpc) is 3.18. The van der Waals surface area contributed by atoms with Crippen LogP contribution in [0.25, 0.3) is 0 Å². The quantitative estimate of drug-likeness (QED) is 0.713. The van der Waals surface area contributed by atoms with Crippen molar-refractivity contribution >= 4 is 23.1 Å². The van der Waals surface area contributed by atoms with Crippen LogP contribution in [0.2, 0.25) is 0 Å². The summed E-state index contributed by atoms with van der Waals surface area (Å²) in [5, 5.41) is 7.01. The molecule has 1 N–H and O–H groups in total. The number of nitrogens with one attached hydrogen (secondary N) is 1. The summed E-state index contributed by atoms with van der Waals surface area (Å²) in [6.07, 6.45) is 3.24. The molecule has 29 heavy (non-hydrogen) atoms. The molecule has 1 aliphatic heterocycles. The van der Waals surface area contributed by atoms with E-state index in [1.54, 1.807) is 31.6 Å². The van der Waals surface area contributed by atoms with Crippen molar-refractivity contribution in [3.63, 3.8) is 0 Å². The summed E-state index contributed by atoms with van der Waals surface area (Å²) >= 11 is 0. The Balaban J connectivity index is 1.41. The maximum atomic E-state index is 13.0. The Morgan fingerprint density at radius 1 is 1.14 bits per heavy atom. The van der Waals surface area contributed by atoms with Gasteiger partial charge in [-0.15, -0.1) is 0 Å². The summed E-state index contributed by atoms with van der Waals surface area (Å²) in [7, 11) is 1.67. The summed E-state index contributed by atoms with van der Waals surface area (Å²) in [6.45, 7) is 4.58. The van der Waals surface area contributed by atoms with E-state index in [1.807, 2.05) is 36.1 Å². The van der Waals surface area contributed by atoms with E-state index in [1.165, 1.54) is 0 Å². The zero-order valence-electron chi connectivity index (χ0n) is 16.5. The topological polar surface area (TPSA) is 83.7 Å². The minimum absolute atomic E-state index is 0.0304. The first kappa shape index (κ1) is 18.8. The summed E-state index contributed by atoms with van der Waals surface area (Å²) in [5.41, 5.74) is 2.29. The lowest BCUT2D eigenvalue weighted by molar-refractivity contribution is 0.0746. The number of carbonyl (C=O) groups is 1. The van der Waals surface area contributed by atoms with E-state index in [4.69, 9.17) is 9.26 Å². The molecular formula is C21H23N5O3. The van der Waals surface area contributed by atoms with Crippen molar-refractivity contribution in [1.82, 2.24) is 15.0 Å². The van der Waals surface area contributed by atoms with Crippen molar-refractivity contribution in [2.75, 3.05) is 43.5 Å². The largest absolute Gasteiger partial charge is 0.495 e. The van der Waals surface area contributed by atoms with Crippen molar-refractivity contribution in [1.29, 1.82) is 0 Å². The van der Waals surface area contributed by atoms with E-state index in [0.717, 1.165) is 24.5 Å². The molecule has 1 saturated heterocycles. The number of nitrogens with zero attached hydrogens (tertiary/aromatic N) is 4.